The molecule has 1 fully saturated rings. The highest BCUT2D eigenvalue weighted by atomic mass is 32.2. The molecule has 1 aromatic heterocycles. The molecule has 0 saturated carbocycles. The molecule has 1 saturated heterocycles. The number of furan rings is 1. The van der Waals surface area contributed by atoms with Gasteiger partial charge in [0.05, 0.1) is 6.26 Å². The summed E-state index contributed by atoms with van der Waals surface area (Å²) in [5.41, 5.74) is 0. The van der Waals surface area contributed by atoms with Crippen LogP contribution in [-0.2, 0) is 14.8 Å². The van der Waals surface area contributed by atoms with E-state index in [1.807, 2.05) is 13.0 Å². The van der Waals surface area contributed by atoms with Crippen molar-refractivity contribution < 1.29 is 17.6 Å². The zero-order valence-corrected chi connectivity index (χ0v) is 13.0. The molecule has 6 nitrogen and oxygen atoms in total. The number of amides is 1. The number of nitrogens with zero attached hydrogens (tertiary/aromatic N) is 1. The topological polar surface area (TPSA) is 79.6 Å². The standard InChI is InChI=1S/C14H20N2O4S/c1-11-3-4-13(20-11)5-6-14(17)15-12-7-9-16(10-8-12)21(2,18)19/h3-6,12H,7-10H2,1-2H3,(H,15,17)/b6-5+. The third-order valence-corrected chi connectivity index (χ3v) is 4.73. The van der Waals surface area contributed by atoms with Crippen molar-refractivity contribution >= 4 is 22.0 Å². The van der Waals surface area contributed by atoms with Crippen LogP contribution in [0.1, 0.15) is 24.4 Å². The van der Waals surface area contributed by atoms with Gasteiger partial charge in [0, 0.05) is 25.2 Å². The molecule has 2 heterocycles. The Morgan fingerprint density at radius 3 is 2.57 bits per heavy atom. The van der Waals surface area contributed by atoms with E-state index in [1.165, 1.54) is 16.6 Å². The molecular formula is C14H20N2O4S. The summed E-state index contributed by atoms with van der Waals surface area (Å²) >= 11 is 0. The molecule has 0 radical (unpaired) electrons. The fourth-order valence-electron chi connectivity index (χ4n) is 2.28. The second kappa shape index (κ2) is 6.44. The number of hydrogen-bond donors (Lipinski definition) is 1. The van der Waals surface area contributed by atoms with E-state index in [4.69, 9.17) is 4.42 Å². The second-order valence-electron chi connectivity index (χ2n) is 5.23. The molecule has 1 aliphatic heterocycles. The second-order valence-corrected chi connectivity index (χ2v) is 7.21. The minimum atomic E-state index is -3.13. The third kappa shape index (κ3) is 4.71. The lowest BCUT2D eigenvalue weighted by molar-refractivity contribution is -0.117. The van der Waals surface area contributed by atoms with Crippen molar-refractivity contribution in [2.45, 2.75) is 25.8 Å². The Kier molecular flexibility index (Phi) is 4.84. The van der Waals surface area contributed by atoms with Crippen molar-refractivity contribution in [1.29, 1.82) is 0 Å². The van der Waals surface area contributed by atoms with E-state index in [0.29, 0.717) is 31.7 Å². The van der Waals surface area contributed by atoms with E-state index in [1.54, 1.807) is 12.1 Å². The number of piperidine rings is 1. The van der Waals surface area contributed by atoms with Gasteiger partial charge in [-0.25, -0.2) is 12.7 Å². The van der Waals surface area contributed by atoms with Crippen LogP contribution in [0.3, 0.4) is 0 Å². The lowest BCUT2D eigenvalue weighted by Gasteiger charge is -2.30. The van der Waals surface area contributed by atoms with Crippen molar-refractivity contribution in [1.82, 2.24) is 9.62 Å². The van der Waals surface area contributed by atoms with Gasteiger partial charge in [-0.3, -0.25) is 4.79 Å². The van der Waals surface area contributed by atoms with Crippen molar-refractivity contribution in [2.24, 2.45) is 0 Å². The van der Waals surface area contributed by atoms with Crippen molar-refractivity contribution in [3.8, 4) is 0 Å². The van der Waals surface area contributed by atoms with E-state index in [-0.39, 0.29) is 11.9 Å². The van der Waals surface area contributed by atoms with E-state index in [9.17, 15) is 13.2 Å². The fourth-order valence-corrected chi connectivity index (χ4v) is 3.16. The maximum atomic E-state index is 11.8. The Bertz CT molecular complexity index is 625. The van der Waals surface area contributed by atoms with Gasteiger partial charge >= 0.3 is 0 Å². The van der Waals surface area contributed by atoms with Gasteiger partial charge in [0.25, 0.3) is 0 Å². The number of nitrogens with one attached hydrogen (secondary N) is 1. The maximum absolute atomic E-state index is 11.8. The third-order valence-electron chi connectivity index (χ3n) is 3.43. The molecule has 1 amide bonds. The Balaban J connectivity index is 1.81. The molecule has 7 heteroatoms. The van der Waals surface area contributed by atoms with E-state index >= 15 is 0 Å². The van der Waals surface area contributed by atoms with E-state index in [2.05, 4.69) is 5.32 Å². The summed E-state index contributed by atoms with van der Waals surface area (Å²) in [6.45, 7) is 2.74. The first-order valence-electron chi connectivity index (χ1n) is 6.85. The van der Waals surface area contributed by atoms with Gasteiger partial charge in [0.15, 0.2) is 0 Å². The zero-order valence-electron chi connectivity index (χ0n) is 12.2. The van der Waals surface area contributed by atoms with Gasteiger partial charge in [0.1, 0.15) is 11.5 Å². The molecule has 0 bridgehead atoms. The molecule has 21 heavy (non-hydrogen) atoms. The molecule has 0 atom stereocenters. The number of sulfonamides is 1. The quantitative estimate of drug-likeness (QED) is 0.846. The van der Waals surface area contributed by atoms with Gasteiger partial charge in [-0.05, 0) is 38.0 Å². The first-order valence-corrected chi connectivity index (χ1v) is 8.69. The highest BCUT2D eigenvalue weighted by molar-refractivity contribution is 7.88. The molecule has 116 valence electrons. The molecule has 0 aliphatic carbocycles. The van der Waals surface area contributed by atoms with Crippen LogP contribution >= 0.6 is 0 Å². The number of carbonyl (C=O) groups is 1. The first-order chi connectivity index (χ1) is 9.84. The first kappa shape index (κ1) is 15.8. The number of aryl methyl sites for hydroxylation is 1. The minimum Gasteiger partial charge on any atom is -0.462 e. The van der Waals surface area contributed by atoms with Crippen LogP contribution in [0.25, 0.3) is 6.08 Å². The van der Waals surface area contributed by atoms with Crippen LogP contribution in [0, 0.1) is 6.92 Å². The largest absolute Gasteiger partial charge is 0.462 e. The fraction of sp³-hybridized carbons (Fsp3) is 0.500. The van der Waals surface area contributed by atoms with Crippen molar-refractivity contribution in [3.63, 3.8) is 0 Å². The molecule has 0 aromatic carbocycles. The van der Waals surface area contributed by atoms with Crippen LogP contribution in [0.5, 0.6) is 0 Å². The van der Waals surface area contributed by atoms with Gasteiger partial charge in [0.2, 0.25) is 15.9 Å². The average Bonchev–Trinajstić information content (AvgIpc) is 2.82. The monoisotopic (exact) mass is 312 g/mol. The summed E-state index contributed by atoms with van der Waals surface area (Å²) in [6.07, 6.45) is 5.52. The minimum absolute atomic E-state index is 0.0125. The maximum Gasteiger partial charge on any atom is 0.244 e. The van der Waals surface area contributed by atoms with E-state index in [0.717, 1.165) is 5.76 Å². The Hall–Kier alpha value is -1.60. The van der Waals surface area contributed by atoms with Gasteiger partial charge in [-0.2, -0.15) is 0 Å². The van der Waals surface area contributed by atoms with Crippen LogP contribution in [-0.4, -0.2) is 44.0 Å². The molecule has 1 aliphatic rings. The molecule has 0 spiro atoms. The summed E-state index contributed by atoms with van der Waals surface area (Å²) < 4.78 is 29.6. The average molecular weight is 312 g/mol. The van der Waals surface area contributed by atoms with Crippen molar-refractivity contribution in [3.05, 3.63) is 29.7 Å². The van der Waals surface area contributed by atoms with Crippen LogP contribution in [0.2, 0.25) is 0 Å². The molecule has 2 rings (SSSR count). The Labute approximate surface area is 124 Å². The van der Waals surface area contributed by atoms with Crippen LogP contribution < -0.4 is 5.32 Å². The predicted octanol–water partition coefficient (Wildman–Crippen LogP) is 1.14. The highest BCUT2D eigenvalue weighted by Crippen LogP contribution is 2.13. The van der Waals surface area contributed by atoms with E-state index < -0.39 is 10.0 Å². The van der Waals surface area contributed by atoms with Crippen LogP contribution in [0.15, 0.2) is 22.6 Å². The number of rotatable bonds is 4. The van der Waals surface area contributed by atoms with Gasteiger partial charge < -0.3 is 9.73 Å². The highest BCUT2D eigenvalue weighted by Gasteiger charge is 2.25. The number of hydrogen-bond acceptors (Lipinski definition) is 4. The summed E-state index contributed by atoms with van der Waals surface area (Å²) in [5, 5.41) is 2.88. The summed E-state index contributed by atoms with van der Waals surface area (Å²) in [5.74, 6) is 1.24. The summed E-state index contributed by atoms with van der Waals surface area (Å²) in [6, 6.07) is 3.64. The molecule has 1 aromatic rings. The van der Waals surface area contributed by atoms with Gasteiger partial charge in [-0.15, -0.1) is 0 Å². The number of carbonyl (C=O) groups excluding carboxylic acids is 1. The Morgan fingerprint density at radius 2 is 2.05 bits per heavy atom. The smallest absolute Gasteiger partial charge is 0.244 e. The summed E-state index contributed by atoms with van der Waals surface area (Å²) in [4.78, 5) is 11.8. The summed E-state index contributed by atoms with van der Waals surface area (Å²) in [7, 11) is -3.13. The molecule has 0 unspecified atom stereocenters. The molecule has 1 N–H and O–H groups in total. The van der Waals surface area contributed by atoms with Crippen LogP contribution in [0.4, 0.5) is 0 Å². The zero-order chi connectivity index (χ0) is 15.5. The lowest BCUT2D eigenvalue weighted by Crippen LogP contribution is -2.45. The lowest BCUT2D eigenvalue weighted by atomic mass is 10.1. The molecular weight excluding hydrogens is 292 g/mol. The SMILES string of the molecule is Cc1ccc(/C=C/C(=O)NC2CCN(S(C)(=O)=O)CC2)o1. The van der Waals surface area contributed by atoms with Crippen molar-refractivity contribution in [2.75, 3.05) is 19.3 Å². The normalized spacial score (nSPS) is 18.2. The predicted molar refractivity (Wildman–Crippen MR) is 80.1 cm³/mol. The van der Waals surface area contributed by atoms with Gasteiger partial charge in [-0.1, -0.05) is 0 Å². The Morgan fingerprint density at radius 1 is 1.38 bits per heavy atom.